The zero-order valence-electron chi connectivity index (χ0n) is 8.02. The number of hydrogen-bond acceptors (Lipinski definition) is 2. The summed E-state index contributed by atoms with van der Waals surface area (Å²) in [6.07, 6.45) is -5.96. The second kappa shape index (κ2) is 3.33. The predicted molar refractivity (Wildman–Crippen MR) is 42.8 cm³/mol. The molecule has 1 amide bonds. The Bertz CT molecular complexity index is 237. The molecule has 0 aromatic heterocycles. The van der Waals surface area contributed by atoms with E-state index in [-0.39, 0.29) is 13.2 Å². The number of amides is 1. The maximum Gasteiger partial charge on any atom is 0.410 e. The highest BCUT2D eigenvalue weighted by Crippen LogP contribution is 2.32. The second-order valence-corrected chi connectivity index (χ2v) is 3.87. The minimum Gasteiger partial charge on any atom is -0.448 e. The molecule has 0 aromatic rings. The monoisotopic (exact) mass is 211 g/mol. The average Bonchev–Trinajstić information content (AvgIpc) is 2.29. The molecule has 1 rings (SSSR count). The Morgan fingerprint density at radius 3 is 2.36 bits per heavy atom. The average molecular weight is 211 g/mol. The Labute approximate surface area is 79.8 Å². The van der Waals surface area contributed by atoms with Gasteiger partial charge in [0.15, 0.2) is 0 Å². The van der Waals surface area contributed by atoms with E-state index in [1.54, 1.807) is 0 Å². The van der Waals surface area contributed by atoms with Crippen molar-refractivity contribution >= 4 is 6.09 Å². The topological polar surface area (TPSA) is 29.5 Å². The predicted octanol–water partition coefficient (Wildman–Crippen LogP) is 2.17. The van der Waals surface area contributed by atoms with Crippen molar-refractivity contribution in [1.82, 2.24) is 4.90 Å². The molecule has 82 valence electrons. The van der Waals surface area contributed by atoms with Gasteiger partial charge < -0.3 is 4.74 Å². The van der Waals surface area contributed by atoms with Crippen LogP contribution in [0.25, 0.3) is 0 Å². The van der Waals surface area contributed by atoms with E-state index < -0.39 is 24.2 Å². The summed E-state index contributed by atoms with van der Waals surface area (Å²) < 4.78 is 41.0. The number of hydrogen-bond donors (Lipinski definition) is 0. The van der Waals surface area contributed by atoms with E-state index >= 15 is 0 Å². The molecular weight excluding hydrogens is 199 g/mol. The van der Waals surface area contributed by atoms with Gasteiger partial charge in [-0.05, 0) is 13.8 Å². The summed E-state index contributed by atoms with van der Waals surface area (Å²) in [6.45, 7) is 3.15. The lowest BCUT2D eigenvalue weighted by atomic mass is 9.98. The van der Waals surface area contributed by atoms with Gasteiger partial charge in [0.2, 0.25) is 0 Å². The van der Waals surface area contributed by atoms with Crippen LogP contribution < -0.4 is 0 Å². The van der Waals surface area contributed by atoms with Gasteiger partial charge in [-0.15, -0.1) is 0 Å². The number of carbonyl (C=O) groups is 1. The lowest BCUT2D eigenvalue weighted by Gasteiger charge is -2.33. The second-order valence-electron chi connectivity index (χ2n) is 3.87. The lowest BCUT2D eigenvalue weighted by Crippen LogP contribution is -2.47. The number of alkyl halides is 3. The van der Waals surface area contributed by atoms with Crippen molar-refractivity contribution in [2.75, 3.05) is 13.2 Å². The van der Waals surface area contributed by atoms with Crippen molar-refractivity contribution in [2.24, 2.45) is 0 Å². The fraction of sp³-hybridized carbons (Fsp3) is 0.875. The molecule has 1 saturated heterocycles. The van der Waals surface area contributed by atoms with Crippen LogP contribution in [0.1, 0.15) is 20.3 Å². The first kappa shape index (κ1) is 11.1. The normalized spacial score (nSPS) is 18.6. The molecule has 1 heterocycles. The lowest BCUT2D eigenvalue weighted by molar-refractivity contribution is -0.154. The van der Waals surface area contributed by atoms with Crippen molar-refractivity contribution in [3.05, 3.63) is 0 Å². The molecule has 0 saturated carbocycles. The molecule has 0 spiro atoms. The van der Waals surface area contributed by atoms with Crippen LogP contribution in [0.5, 0.6) is 0 Å². The van der Waals surface area contributed by atoms with Gasteiger partial charge in [-0.1, -0.05) is 0 Å². The molecule has 0 unspecified atom stereocenters. The highest BCUT2D eigenvalue weighted by atomic mass is 19.4. The first-order chi connectivity index (χ1) is 6.22. The van der Waals surface area contributed by atoms with Gasteiger partial charge in [-0.25, -0.2) is 4.79 Å². The van der Waals surface area contributed by atoms with Crippen molar-refractivity contribution in [3.8, 4) is 0 Å². The quantitative estimate of drug-likeness (QED) is 0.700. The van der Waals surface area contributed by atoms with Gasteiger partial charge in [-0.3, -0.25) is 4.90 Å². The Morgan fingerprint density at radius 2 is 2.00 bits per heavy atom. The van der Waals surface area contributed by atoms with Crippen LogP contribution in [0.3, 0.4) is 0 Å². The summed E-state index contributed by atoms with van der Waals surface area (Å²) >= 11 is 0. The summed E-state index contributed by atoms with van der Waals surface area (Å²) in [7, 11) is 0. The van der Waals surface area contributed by atoms with Gasteiger partial charge in [0, 0.05) is 5.54 Å². The van der Waals surface area contributed by atoms with Crippen LogP contribution >= 0.6 is 0 Å². The van der Waals surface area contributed by atoms with E-state index in [1.807, 2.05) is 0 Å². The van der Waals surface area contributed by atoms with Crippen molar-refractivity contribution in [2.45, 2.75) is 32.0 Å². The van der Waals surface area contributed by atoms with Gasteiger partial charge in [-0.2, -0.15) is 13.2 Å². The summed E-state index contributed by atoms with van der Waals surface area (Å²) in [6, 6.07) is 0. The summed E-state index contributed by atoms with van der Waals surface area (Å²) in [5.74, 6) is 0. The Kier molecular flexibility index (Phi) is 2.65. The largest absolute Gasteiger partial charge is 0.448 e. The molecule has 1 aliphatic heterocycles. The molecular formula is C8H12F3NO2. The van der Waals surface area contributed by atoms with Crippen LogP contribution in [-0.2, 0) is 4.74 Å². The fourth-order valence-electron chi connectivity index (χ4n) is 1.53. The molecule has 1 fully saturated rings. The minimum atomic E-state index is -4.27. The zero-order chi connectivity index (χ0) is 11.0. The maximum atomic E-state index is 12.2. The third kappa shape index (κ3) is 2.52. The Hall–Kier alpha value is -0.940. The maximum absolute atomic E-state index is 12.2. The Balaban J connectivity index is 2.69. The third-order valence-corrected chi connectivity index (χ3v) is 2.12. The first-order valence-electron chi connectivity index (χ1n) is 4.23. The Morgan fingerprint density at radius 1 is 1.43 bits per heavy atom. The standard InChI is InChI=1S/C8H12F3NO2/c1-7(2,5-8(9,10)11)12-3-4-14-6(12)13/h3-5H2,1-2H3. The van der Waals surface area contributed by atoms with Gasteiger partial charge in [0.05, 0.1) is 13.0 Å². The van der Waals surface area contributed by atoms with Crippen LogP contribution in [-0.4, -0.2) is 35.9 Å². The minimum absolute atomic E-state index is 0.167. The molecule has 0 N–H and O–H groups in total. The molecule has 0 aliphatic carbocycles. The van der Waals surface area contributed by atoms with Crippen LogP contribution in [0.2, 0.25) is 0 Å². The highest BCUT2D eigenvalue weighted by molar-refractivity contribution is 5.70. The summed E-state index contributed by atoms with van der Waals surface area (Å²) in [5, 5.41) is 0. The smallest absolute Gasteiger partial charge is 0.410 e. The first-order valence-corrected chi connectivity index (χ1v) is 4.23. The number of halogens is 3. The van der Waals surface area contributed by atoms with Crippen molar-refractivity contribution < 1.29 is 22.7 Å². The van der Waals surface area contributed by atoms with E-state index in [2.05, 4.69) is 4.74 Å². The van der Waals surface area contributed by atoms with Crippen LogP contribution in [0.15, 0.2) is 0 Å². The fourth-order valence-corrected chi connectivity index (χ4v) is 1.53. The van der Waals surface area contributed by atoms with E-state index in [0.29, 0.717) is 0 Å². The van der Waals surface area contributed by atoms with E-state index in [9.17, 15) is 18.0 Å². The molecule has 6 heteroatoms. The number of ether oxygens (including phenoxy) is 1. The van der Waals surface area contributed by atoms with Gasteiger partial charge in [0.1, 0.15) is 6.61 Å². The highest BCUT2D eigenvalue weighted by Gasteiger charge is 2.43. The van der Waals surface area contributed by atoms with E-state index in [4.69, 9.17) is 0 Å². The van der Waals surface area contributed by atoms with Crippen LogP contribution in [0, 0.1) is 0 Å². The molecule has 3 nitrogen and oxygen atoms in total. The summed E-state index contributed by atoms with van der Waals surface area (Å²) in [4.78, 5) is 12.2. The number of cyclic esters (lactones) is 1. The molecule has 0 atom stereocenters. The summed E-state index contributed by atoms with van der Waals surface area (Å²) in [5.41, 5.74) is -1.23. The van der Waals surface area contributed by atoms with Gasteiger partial charge in [0.25, 0.3) is 0 Å². The van der Waals surface area contributed by atoms with Crippen molar-refractivity contribution in [1.29, 1.82) is 0 Å². The van der Waals surface area contributed by atoms with Crippen molar-refractivity contribution in [3.63, 3.8) is 0 Å². The number of nitrogens with zero attached hydrogens (tertiary/aromatic N) is 1. The SMILES string of the molecule is CC(C)(CC(F)(F)F)N1CCOC1=O. The third-order valence-electron chi connectivity index (χ3n) is 2.12. The van der Waals surface area contributed by atoms with E-state index in [0.717, 1.165) is 4.90 Å². The number of rotatable bonds is 2. The van der Waals surface area contributed by atoms with E-state index in [1.165, 1.54) is 13.8 Å². The molecule has 0 bridgehead atoms. The number of carbonyl (C=O) groups excluding carboxylic acids is 1. The molecule has 0 aromatic carbocycles. The molecule has 0 radical (unpaired) electrons. The van der Waals surface area contributed by atoms with Crippen LogP contribution in [0.4, 0.5) is 18.0 Å². The zero-order valence-corrected chi connectivity index (χ0v) is 8.02. The molecule has 14 heavy (non-hydrogen) atoms. The van der Waals surface area contributed by atoms with Gasteiger partial charge >= 0.3 is 12.3 Å². The molecule has 1 aliphatic rings.